The van der Waals surface area contributed by atoms with E-state index in [1.54, 1.807) is 0 Å². The molecule has 0 aliphatic heterocycles. The number of aromatic hydroxyl groups is 2. The second-order valence-corrected chi connectivity index (χ2v) is 5.27. The van der Waals surface area contributed by atoms with Gasteiger partial charge in [-0.05, 0) is 24.3 Å². The summed E-state index contributed by atoms with van der Waals surface area (Å²) in [5.41, 5.74) is -0.122. The van der Waals surface area contributed by atoms with Gasteiger partial charge in [-0.25, -0.2) is 8.78 Å². The molecule has 0 atom stereocenters. The van der Waals surface area contributed by atoms with E-state index < -0.39 is 17.9 Å². The molecule has 0 bridgehead atoms. The maximum absolute atomic E-state index is 13.0. The predicted octanol–water partition coefficient (Wildman–Crippen LogP) is 4.47. The lowest BCUT2D eigenvalue weighted by Gasteiger charge is -2.16. The number of rotatable bonds is 4. The first-order valence-corrected chi connectivity index (χ1v) is 7.38. The molecule has 0 heterocycles. The summed E-state index contributed by atoms with van der Waals surface area (Å²) in [6.45, 7) is 0. The lowest BCUT2D eigenvalue weighted by molar-refractivity contribution is -0.107. The van der Waals surface area contributed by atoms with Crippen molar-refractivity contribution >= 4 is 29.5 Å². The average Bonchev–Trinajstić information content (AvgIpc) is 2.60. The van der Waals surface area contributed by atoms with Gasteiger partial charge in [0, 0.05) is 14.2 Å². The van der Waals surface area contributed by atoms with E-state index >= 15 is 0 Å². The van der Waals surface area contributed by atoms with E-state index in [1.807, 2.05) is 0 Å². The fourth-order valence-electron chi connectivity index (χ4n) is 1.78. The summed E-state index contributed by atoms with van der Waals surface area (Å²) in [7, 11) is 2.74. The minimum atomic E-state index is -0.877. The maximum Gasteiger partial charge on any atom is 0.188 e. The monoisotopic (exact) mass is 394 g/mol. The molecule has 2 aromatic rings. The predicted molar refractivity (Wildman–Crippen MR) is 88.3 cm³/mol. The number of carbonyl (C=O) groups is 1. The van der Waals surface area contributed by atoms with Crippen molar-refractivity contribution in [1.82, 2.24) is 0 Å². The van der Waals surface area contributed by atoms with Gasteiger partial charge in [0.05, 0.1) is 21.2 Å². The molecule has 136 valence electrons. The van der Waals surface area contributed by atoms with Crippen molar-refractivity contribution in [2.75, 3.05) is 14.2 Å². The van der Waals surface area contributed by atoms with Crippen molar-refractivity contribution in [2.24, 2.45) is 0 Å². The van der Waals surface area contributed by atoms with Crippen molar-refractivity contribution in [3.05, 3.63) is 57.1 Å². The molecule has 2 rings (SSSR count). The van der Waals surface area contributed by atoms with Gasteiger partial charge in [-0.15, -0.1) is 0 Å². The van der Waals surface area contributed by atoms with Gasteiger partial charge in [0.25, 0.3) is 0 Å². The van der Waals surface area contributed by atoms with E-state index in [2.05, 4.69) is 0 Å². The Kier molecular flexibility index (Phi) is 8.05. The number of benzene rings is 2. The van der Waals surface area contributed by atoms with Crippen molar-refractivity contribution in [1.29, 1.82) is 0 Å². The van der Waals surface area contributed by atoms with E-state index in [0.29, 0.717) is 6.29 Å². The van der Waals surface area contributed by atoms with Crippen LogP contribution < -0.4 is 0 Å². The largest absolute Gasteiger partial charge is 0.507 e. The van der Waals surface area contributed by atoms with Gasteiger partial charge in [-0.3, -0.25) is 4.79 Å². The number of phenols is 2. The molecule has 0 saturated carbocycles. The zero-order chi connectivity index (χ0) is 19.1. The number of carbonyl (C=O) groups excluding carboxylic acids is 1. The molecule has 5 nitrogen and oxygen atoms in total. The van der Waals surface area contributed by atoms with Crippen LogP contribution in [0.4, 0.5) is 8.78 Å². The normalized spacial score (nSPS) is 10.4. The van der Waals surface area contributed by atoms with Crippen LogP contribution in [0.25, 0.3) is 0 Å². The highest BCUT2D eigenvalue weighted by atomic mass is 35.5. The van der Waals surface area contributed by atoms with Gasteiger partial charge in [-0.2, -0.15) is 0 Å². The Morgan fingerprint density at radius 3 is 1.88 bits per heavy atom. The minimum Gasteiger partial charge on any atom is -0.507 e. The van der Waals surface area contributed by atoms with Crippen LogP contribution in [-0.4, -0.2) is 30.7 Å². The standard InChI is InChI=1S/C9H10ClFO3.C7H4ClFO2/c1-13-9(14-2)7-6(12)4-3-5(11)8(7)10;8-7-4(3-10)6(11)2-1-5(7)9/h3-4,9,12H,1-2H3;1-3,11H. The zero-order valence-corrected chi connectivity index (χ0v) is 14.6. The molecule has 0 saturated heterocycles. The number of hydrogen-bond acceptors (Lipinski definition) is 5. The van der Waals surface area contributed by atoms with Crippen LogP contribution in [-0.2, 0) is 9.47 Å². The number of halogens is 4. The zero-order valence-electron chi connectivity index (χ0n) is 13.1. The van der Waals surface area contributed by atoms with Crippen LogP contribution >= 0.6 is 23.2 Å². The first-order chi connectivity index (χ1) is 11.8. The van der Waals surface area contributed by atoms with E-state index in [0.717, 1.165) is 18.2 Å². The molecule has 0 unspecified atom stereocenters. The van der Waals surface area contributed by atoms with Gasteiger partial charge < -0.3 is 19.7 Å². The van der Waals surface area contributed by atoms with Crippen LogP contribution in [0.2, 0.25) is 10.0 Å². The van der Waals surface area contributed by atoms with Crippen LogP contribution in [0.1, 0.15) is 22.2 Å². The minimum absolute atomic E-state index is 0.0941. The molecule has 0 radical (unpaired) electrons. The van der Waals surface area contributed by atoms with E-state index in [4.69, 9.17) is 37.8 Å². The Labute approximate surface area is 152 Å². The summed E-state index contributed by atoms with van der Waals surface area (Å²) in [5.74, 6) is -1.82. The molecule has 0 fully saturated rings. The van der Waals surface area contributed by atoms with Crippen molar-refractivity contribution < 1.29 is 33.3 Å². The molecular formula is C16H14Cl2F2O5. The van der Waals surface area contributed by atoms with Crippen LogP contribution in [0.5, 0.6) is 11.5 Å². The highest BCUT2D eigenvalue weighted by Gasteiger charge is 2.20. The smallest absolute Gasteiger partial charge is 0.188 e. The fraction of sp³-hybridized carbons (Fsp3) is 0.188. The Bertz CT molecular complexity index is 752. The van der Waals surface area contributed by atoms with Crippen molar-refractivity contribution in [2.45, 2.75) is 6.29 Å². The molecule has 0 amide bonds. The highest BCUT2D eigenvalue weighted by Crippen LogP contribution is 2.35. The third-order valence-corrected chi connectivity index (χ3v) is 3.77. The van der Waals surface area contributed by atoms with Crippen molar-refractivity contribution in [3.63, 3.8) is 0 Å². The van der Waals surface area contributed by atoms with E-state index in [9.17, 15) is 18.7 Å². The molecule has 0 spiro atoms. The number of phenolic OH excluding ortho intramolecular Hbond substituents is 2. The molecular weight excluding hydrogens is 381 g/mol. The van der Waals surface area contributed by atoms with Gasteiger partial charge >= 0.3 is 0 Å². The topological polar surface area (TPSA) is 76.0 Å². The summed E-state index contributed by atoms with van der Waals surface area (Å²) in [6, 6.07) is 4.33. The van der Waals surface area contributed by atoms with E-state index in [1.165, 1.54) is 20.3 Å². The molecule has 0 aliphatic carbocycles. The molecule has 2 aromatic carbocycles. The first kappa shape index (κ1) is 21.1. The molecule has 0 aliphatic rings. The van der Waals surface area contributed by atoms with Crippen LogP contribution in [0, 0.1) is 11.6 Å². The SMILES string of the molecule is COC(OC)c1c(O)ccc(F)c1Cl.O=Cc1c(O)ccc(F)c1Cl. The molecule has 9 heteroatoms. The third kappa shape index (κ3) is 5.02. The van der Waals surface area contributed by atoms with Crippen LogP contribution in [0.3, 0.4) is 0 Å². The van der Waals surface area contributed by atoms with E-state index in [-0.39, 0.29) is 32.7 Å². The Balaban J connectivity index is 0.000000257. The molecule has 25 heavy (non-hydrogen) atoms. The van der Waals surface area contributed by atoms with Gasteiger partial charge in [0.2, 0.25) is 0 Å². The Morgan fingerprint density at radius 2 is 1.44 bits per heavy atom. The van der Waals surface area contributed by atoms with Gasteiger partial charge in [0.15, 0.2) is 12.6 Å². The number of aldehydes is 1. The third-order valence-electron chi connectivity index (χ3n) is 3.00. The Hall–Kier alpha value is -1.93. The average molecular weight is 395 g/mol. The fourth-order valence-corrected chi connectivity index (χ4v) is 2.23. The lowest BCUT2D eigenvalue weighted by Crippen LogP contribution is -2.05. The molecule has 2 N–H and O–H groups in total. The highest BCUT2D eigenvalue weighted by molar-refractivity contribution is 6.33. The van der Waals surface area contributed by atoms with Gasteiger partial charge in [-0.1, -0.05) is 23.2 Å². The maximum atomic E-state index is 13.0. The second kappa shape index (κ2) is 9.53. The van der Waals surface area contributed by atoms with Crippen LogP contribution in [0.15, 0.2) is 24.3 Å². The summed E-state index contributed by atoms with van der Waals surface area (Å²) < 4.78 is 35.3. The van der Waals surface area contributed by atoms with Crippen molar-refractivity contribution in [3.8, 4) is 11.5 Å². The summed E-state index contributed by atoms with van der Waals surface area (Å²) in [5, 5.41) is 17.8. The number of hydrogen-bond donors (Lipinski definition) is 2. The molecule has 0 aromatic heterocycles. The lowest BCUT2D eigenvalue weighted by atomic mass is 10.2. The first-order valence-electron chi connectivity index (χ1n) is 6.63. The summed E-state index contributed by atoms with van der Waals surface area (Å²) in [4.78, 5) is 10.2. The number of ether oxygens (including phenoxy) is 2. The Morgan fingerprint density at radius 1 is 0.960 bits per heavy atom. The quantitative estimate of drug-likeness (QED) is 0.590. The number of methoxy groups -OCH3 is 2. The van der Waals surface area contributed by atoms with Gasteiger partial charge in [0.1, 0.15) is 23.1 Å². The second-order valence-electron chi connectivity index (χ2n) is 4.51. The summed E-state index contributed by atoms with van der Waals surface area (Å²) >= 11 is 11.0. The summed E-state index contributed by atoms with van der Waals surface area (Å²) in [6.07, 6.45) is -0.570.